The summed E-state index contributed by atoms with van der Waals surface area (Å²) >= 11 is 0. The SMILES string of the molecule is CCCCCCCC(=O)c1ccc(OC(=O)OCCC)c(C(=O)c2ccccc2C(=O)OOC(=O)c2ccccc2C(=O)c2cc(C(=O)CCCCCCC)ccc2OC(=O)OCCC)c1. The lowest BCUT2D eigenvalue weighted by atomic mass is 9.94. The lowest BCUT2D eigenvalue weighted by Gasteiger charge is -2.14. The van der Waals surface area contributed by atoms with Crippen molar-refractivity contribution in [2.75, 3.05) is 13.2 Å². The second-order valence-corrected chi connectivity index (χ2v) is 15.5. The molecular weight excluding hydrogens is 849 g/mol. The molecule has 4 aromatic rings. The first-order valence-electron chi connectivity index (χ1n) is 22.7. The summed E-state index contributed by atoms with van der Waals surface area (Å²) in [5.74, 6) is -5.10. The lowest BCUT2D eigenvalue weighted by molar-refractivity contribution is -0.187. The number of hydrogen-bond donors (Lipinski definition) is 0. The molecule has 14 heteroatoms. The minimum absolute atomic E-state index is 0.0568. The van der Waals surface area contributed by atoms with Crippen LogP contribution in [0, 0.1) is 0 Å². The average molecular weight is 907 g/mol. The fraction of sp³-hybridized carbons (Fsp3) is 0.385. The zero-order chi connectivity index (χ0) is 47.8. The van der Waals surface area contributed by atoms with Gasteiger partial charge in [-0.3, -0.25) is 19.2 Å². The predicted molar refractivity (Wildman–Crippen MR) is 243 cm³/mol. The lowest BCUT2D eigenvalue weighted by Crippen LogP contribution is -2.19. The van der Waals surface area contributed by atoms with Gasteiger partial charge in [0, 0.05) is 35.1 Å². The Kier molecular flexibility index (Phi) is 21.4. The quantitative estimate of drug-likeness (QED) is 0.0144. The molecule has 4 rings (SSSR count). The summed E-state index contributed by atoms with van der Waals surface area (Å²) in [4.78, 5) is 117. The Balaban J connectivity index is 1.60. The summed E-state index contributed by atoms with van der Waals surface area (Å²) in [5, 5.41) is 0. The summed E-state index contributed by atoms with van der Waals surface area (Å²) in [7, 11) is 0. The zero-order valence-electron chi connectivity index (χ0n) is 38.1. The fourth-order valence-corrected chi connectivity index (χ4v) is 6.79. The Morgan fingerprint density at radius 3 is 1.12 bits per heavy atom. The Morgan fingerprint density at radius 2 is 0.758 bits per heavy atom. The van der Waals surface area contributed by atoms with Gasteiger partial charge in [0.05, 0.1) is 35.5 Å². The zero-order valence-corrected chi connectivity index (χ0v) is 38.1. The van der Waals surface area contributed by atoms with Crippen molar-refractivity contribution in [3.8, 4) is 11.5 Å². The van der Waals surface area contributed by atoms with E-state index in [0.717, 1.165) is 51.4 Å². The van der Waals surface area contributed by atoms with E-state index in [9.17, 15) is 38.4 Å². The molecule has 0 aliphatic carbocycles. The Morgan fingerprint density at radius 1 is 0.394 bits per heavy atom. The fourth-order valence-electron chi connectivity index (χ4n) is 6.79. The van der Waals surface area contributed by atoms with Gasteiger partial charge in [0.25, 0.3) is 0 Å². The van der Waals surface area contributed by atoms with Crippen LogP contribution in [-0.2, 0) is 19.2 Å². The van der Waals surface area contributed by atoms with E-state index >= 15 is 0 Å². The first kappa shape index (κ1) is 51.7. The summed E-state index contributed by atoms with van der Waals surface area (Å²) in [6.45, 7) is 7.88. The third-order valence-electron chi connectivity index (χ3n) is 10.3. The van der Waals surface area contributed by atoms with Gasteiger partial charge in [-0.15, -0.1) is 0 Å². The Bertz CT molecular complexity index is 2180. The van der Waals surface area contributed by atoms with Crippen molar-refractivity contribution in [2.24, 2.45) is 0 Å². The number of hydrogen-bond acceptors (Lipinski definition) is 14. The number of unbranched alkanes of at least 4 members (excludes halogenated alkanes) is 8. The maximum Gasteiger partial charge on any atom is 0.513 e. The second kappa shape index (κ2) is 27.4. The van der Waals surface area contributed by atoms with Crippen LogP contribution in [0.15, 0.2) is 84.9 Å². The molecule has 0 saturated heterocycles. The number of ether oxygens (including phenoxy) is 4. The average Bonchev–Trinajstić information content (AvgIpc) is 3.33. The first-order chi connectivity index (χ1) is 31.9. The summed E-state index contributed by atoms with van der Waals surface area (Å²) in [6, 6.07) is 19.0. The molecule has 0 aromatic heterocycles. The van der Waals surface area contributed by atoms with Crippen LogP contribution in [0.5, 0.6) is 11.5 Å². The van der Waals surface area contributed by atoms with Gasteiger partial charge < -0.3 is 18.9 Å². The Labute approximate surface area is 385 Å². The molecular formula is C52H58O14. The Hall–Kier alpha value is -6.96. The summed E-state index contributed by atoms with van der Waals surface area (Å²) in [6.07, 6.45) is 8.51. The molecule has 0 N–H and O–H groups in total. The summed E-state index contributed by atoms with van der Waals surface area (Å²) < 4.78 is 20.8. The molecule has 66 heavy (non-hydrogen) atoms. The van der Waals surface area contributed by atoms with Crippen LogP contribution in [-0.4, -0.2) is 60.6 Å². The molecule has 0 spiro atoms. The van der Waals surface area contributed by atoms with Crippen LogP contribution in [0.3, 0.4) is 0 Å². The third kappa shape index (κ3) is 15.3. The van der Waals surface area contributed by atoms with Crippen LogP contribution >= 0.6 is 0 Å². The van der Waals surface area contributed by atoms with E-state index < -0.39 is 35.8 Å². The molecule has 0 heterocycles. The molecule has 0 radical (unpaired) electrons. The number of carbonyl (C=O) groups is 8. The third-order valence-corrected chi connectivity index (χ3v) is 10.3. The maximum atomic E-state index is 14.3. The van der Waals surface area contributed by atoms with E-state index in [1.54, 1.807) is 13.8 Å². The molecule has 0 amide bonds. The van der Waals surface area contributed by atoms with Gasteiger partial charge in [0.15, 0.2) is 23.1 Å². The van der Waals surface area contributed by atoms with Crippen molar-refractivity contribution < 1.29 is 67.1 Å². The molecule has 4 aromatic carbocycles. The van der Waals surface area contributed by atoms with Gasteiger partial charge in [0.1, 0.15) is 11.5 Å². The molecule has 14 nitrogen and oxygen atoms in total. The highest BCUT2D eigenvalue weighted by atomic mass is 17.2. The number of ketones is 4. The van der Waals surface area contributed by atoms with E-state index in [1.807, 2.05) is 0 Å². The van der Waals surface area contributed by atoms with E-state index in [4.69, 9.17) is 28.7 Å². The van der Waals surface area contributed by atoms with Crippen LogP contribution in [0.25, 0.3) is 0 Å². The number of carbonyl (C=O) groups excluding carboxylic acids is 8. The van der Waals surface area contributed by atoms with Gasteiger partial charge in [-0.2, -0.15) is 0 Å². The van der Waals surface area contributed by atoms with Crippen molar-refractivity contribution in [3.63, 3.8) is 0 Å². The summed E-state index contributed by atoms with van der Waals surface area (Å²) in [5.41, 5.74) is -1.25. The largest absolute Gasteiger partial charge is 0.513 e. The topological polar surface area (TPSA) is 192 Å². The van der Waals surface area contributed by atoms with Crippen molar-refractivity contribution in [1.82, 2.24) is 0 Å². The van der Waals surface area contributed by atoms with Gasteiger partial charge in [-0.1, -0.05) is 115 Å². The van der Waals surface area contributed by atoms with Gasteiger partial charge >= 0.3 is 24.2 Å². The molecule has 0 unspecified atom stereocenters. The molecule has 0 bridgehead atoms. The van der Waals surface area contributed by atoms with E-state index in [1.165, 1.54) is 84.9 Å². The van der Waals surface area contributed by atoms with Gasteiger partial charge in [-0.05, 0) is 74.2 Å². The first-order valence-corrected chi connectivity index (χ1v) is 22.7. The van der Waals surface area contributed by atoms with E-state index in [2.05, 4.69) is 13.8 Å². The van der Waals surface area contributed by atoms with Crippen molar-refractivity contribution in [1.29, 1.82) is 0 Å². The number of rotatable bonds is 26. The highest BCUT2D eigenvalue weighted by molar-refractivity contribution is 6.18. The molecule has 0 saturated carbocycles. The maximum absolute atomic E-state index is 14.3. The molecule has 0 fully saturated rings. The minimum atomic E-state index is -1.28. The molecule has 0 atom stereocenters. The van der Waals surface area contributed by atoms with Crippen LogP contribution in [0.4, 0.5) is 9.59 Å². The van der Waals surface area contributed by atoms with Crippen molar-refractivity contribution in [2.45, 2.75) is 118 Å². The van der Waals surface area contributed by atoms with Gasteiger partial charge in [0.2, 0.25) is 0 Å². The standard InChI is InChI=1S/C52H58O14/c1-5-9-11-13-15-25-43(53)35-27-29-45(63-51(59)61-31-7-3)41(33-35)47(55)37-21-17-19-23-39(37)49(57)65-66-50(58)40-24-20-18-22-38(40)48(56)42-34-36(44(54)26-16-14-12-10-6-2)28-30-46(42)64-52(60)62-32-8-4/h17-24,27-30,33-34H,5-16,25-26,31-32H2,1-4H3. The highest BCUT2D eigenvalue weighted by Gasteiger charge is 2.28. The smallest absolute Gasteiger partial charge is 0.434 e. The second-order valence-electron chi connectivity index (χ2n) is 15.5. The normalized spacial score (nSPS) is 10.7. The van der Waals surface area contributed by atoms with E-state index in [0.29, 0.717) is 25.7 Å². The van der Waals surface area contributed by atoms with Crippen molar-refractivity contribution >= 4 is 47.4 Å². The number of benzene rings is 4. The predicted octanol–water partition coefficient (Wildman–Crippen LogP) is 12.0. The molecule has 0 aliphatic heterocycles. The van der Waals surface area contributed by atoms with Gasteiger partial charge in [-0.25, -0.2) is 29.0 Å². The molecule has 350 valence electrons. The monoisotopic (exact) mass is 906 g/mol. The van der Waals surface area contributed by atoms with Crippen LogP contribution < -0.4 is 9.47 Å². The minimum Gasteiger partial charge on any atom is -0.434 e. The van der Waals surface area contributed by atoms with Crippen LogP contribution in [0.2, 0.25) is 0 Å². The van der Waals surface area contributed by atoms with E-state index in [-0.39, 0.29) is 93.6 Å². The highest BCUT2D eigenvalue weighted by Crippen LogP contribution is 2.29. The van der Waals surface area contributed by atoms with Crippen LogP contribution in [0.1, 0.15) is 191 Å². The van der Waals surface area contributed by atoms with Crippen molar-refractivity contribution in [3.05, 3.63) is 129 Å². The molecule has 0 aliphatic rings. The number of Topliss-reactive ketones (excluding diaryl/α,β-unsaturated/α-hetero) is 2.